The molecule has 0 saturated carbocycles. The van der Waals surface area contributed by atoms with Gasteiger partial charge in [-0.1, -0.05) is 59.4 Å². The van der Waals surface area contributed by atoms with Crippen molar-refractivity contribution < 1.29 is 63.1 Å². The number of carboxylic acids is 1. The number of amides is 9. The van der Waals surface area contributed by atoms with Crippen LogP contribution in [0, 0.1) is 11.8 Å². The molecule has 0 aromatic heterocycles. The monoisotopic (exact) mass is 993 g/mol. The molecule has 23 nitrogen and oxygen atoms in total. The molecule has 0 aliphatic rings. The molecule has 4 atom stereocenters. The first-order chi connectivity index (χ1) is 32.0. The SMILES string of the molecule is C.CC(C)[C@H](NC(=O)OC(C)(C)C)C(=O)N[C@@H](CCCNC(N)=O)C(=O)Nc1ccc(CO)cc1.CC(C)[C@H](NC(=O)OC(C)(C)C)C(=O)N[C@@H](CCCNC(N)=O)C(=O)O.Nc1ccc(CO)cc1. The molecule has 9 amide bonds. The summed E-state index contributed by atoms with van der Waals surface area (Å²) in [6, 6.07) is 8.38. The molecule has 0 fully saturated rings. The maximum atomic E-state index is 13.0. The highest BCUT2D eigenvalue weighted by Gasteiger charge is 2.32. The summed E-state index contributed by atoms with van der Waals surface area (Å²) in [4.78, 5) is 95.3. The van der Waals surface area contributed by atoms with E-state index in [0.717, 1.165) is 11.3 Å². The number of rotatable bonds is 21. The fourth-order valence-electron chi connectivity index (χ4n) is 5.57. The molecule has 0 heterocycles. The molecule has 396 valence electrons. The first kappa shape index (κ1) is 65.2. The topological polar surface area (TPSA) is 378 Å². The van der Waals surface area contributed by atoms with E-state index in [1.165, 1.54) is 0 Å². The molecule has 0 bridgehead atoms. The molecular weight excluding hydrogens is 913 g/mol. The zero-order chi connectivity index (χ0) is 53.1. The molecule has 2 aromatic rings. The highest BCUT2D eigenvalue weighted by atomic mass is 16.6. The van der Waals surface area contributed by atoms with Gasteiger partial charge in [-0.15, -0.1) is 0 Å². The highest BCUT2D eigenvalue weighted by molar-refractivity contribution is 5.98. The third-order valence-corrected chi connectivity index (χ3v) is 8.99. The van der Waals surface area contributed by atoms with E-state index in [1.54, 1.807) is 118 Å². The molecular formula is C47H80N10O13. The van der Waals surface area contributed by atoms with Gasteiger partial charge in [0.25, 0.3) is 0 Å². The Morgan fingerprint density at radius 1 is 0.571 bits per heavy atom. The number of benzene rings is 2. The number of ether oxygens (including phenoxy) is 2. The van der Waals surface area contributed by atoms with Crippen LogP contribution in [0.3, 0.4) is 0 Å². The van der Waals surface area contributed by atoms with Gasteiger partial charge < -0.3 is 79.2 Å². The number of primary amides is 2. The quantitative estimate of drug-likeness (QED) is 0.0629. The van der Waals surface area contributed by atoms with E-state index in [-0.39, 0.29) is 58.4 Å². The first-order valence-electron chi connectivity index (χ1n) is 22.3. The van der Waals surface area contributed by atoms with Crippen LogP contribution in [-0.2, 0) is 41.9 Å². The number of carbonyl (C=O) groups is 8. The smallest absolute Gasteiger partial charge is 0.408 e. The van der Waals surface area contributed by atoms with Crippen molar-refractivity contribution in [1.82, 2.24) is 31.9 Å². The van der Waals surface area contributed by atoms with Crippen molar-refractivity contribution in [2.45, 2.75) is 151 Å². The van der Waals surface area contributed by atoms with Crippen LogP contribution in [0.5, 0.6) is 0 Å². The normalized spacial score (nSPS) is 12.5. The van der Waals surface area contributed by atoms with Gasteiger partial charge in [0.05, 0.1) is 13.2 Å². The summed E-state index contributed by atoms with van der Waals surface area (Å²) in [5, 5.41) is 44.6. The van der Waals surface area contributed by atoms with Crippen LogP contribution in [0.2, 0.25) is 0 Å². The maximum Gasteiger partial charge on any atom is 0.408 e. The minimum atomic E-state index is -1.21. The van der Waals surface area contributed by atoms with E-state index in [4.69, 9.17) is 36.9 Å². The number of aliphatic hydroxyl groups excluding tert-OH is 2. The lowest BCUT2D eigenvalue weighted by atomic mass is 10.0. The number of nitrogens with one attached hydrogen (secondary N) is 7. The first-order valence-corrected chi connectivity index (χ1v) is 22.3. The summed E-state index contributed by atoms with van der Waals surface area (Å²) in [5.41, 5.74) is 16.7. The summed E-state index contributed by atoms with van der Waals surface area (Å²) in [5.74, 6) is -3.41. The fourth-order valence-corrected chi connectivity index (χ4v) is 5.57. The molecule has 0 spiro atoms. The third kappa shape index (κ3) is 30.5. The Morgan fingerprint density at radius 3 is 1.26 bits per heavy atom. The lowest BCUT2D eigenvalue weighted by molar-refractivity contribution is -0.142. The van der Waals surface area contributed by atoms with Crippen molar-refractivity contribution in [2.24, 2.45) is 23.3 Å². The van der Waals surface area contributed by atoms with Crippen molar-refractivity contribution in [3.05, 3.63) is 59.7 Å². The molecule has 0 unspecified atom stereocenters. The van der Waals surface area contributed by atoms with Crippen molar-refractivity contribution in [3.63, 3.8) is 0 Å². The molecule has 0 radical (unpaired) electrons. The molecule has 2 rings (SSSR count). The van der Waals surface area contributed by atoms with Crippen LogP contribution in [0.4, 0.5) is 30.6 Å². The zero-order valence-corrected chi connectivity index (χ0v) is 41.4. The van der Waals surface area contributed by atoms with E-state index in [1.807, 2.05) is 0 Å². The number of carboxylic acid groups (broad SMARTS) is 1. The van der Waals surface area contributed by atoms with Crippen molar-refractivity contribution in [3.8, 4) is 0 Å². The van der Waals surface area contributed by atoms with Crippen LogP contribution < -0.4 is 54.4 Å². The van der Waals surface area contributed by atoms with E-state index in [9.17, 15) is 43.5 Å². The molecule has 0 aliphatic carbocycles. The number of hydrogen-bond donors (Lipinski definition) is 13. The Labute approximate surface area is 411 Å². The Kier molecular flexibility index (Phi) is 30.5. The number of alkyl carbamates (subject to hydrolysis) is 2. The van der Waals surface area contributed by atoms with Crippen LogP contribution in [0.25, 0.3) is 0 Å². The van der Waals surface area contributed by atoms with Gasteiger partial charge in [-0.25, -0.2) is 24.0 Å². The zero-order valence-electron chi connectivity index (χ0n) is 41.4. The Hall–Kier alpha value is -6.88. The van der Waals surface area contributed by atoms with Gasteiger partial charge in [0, 0.05) is 24.5 Å². The Balaban J connectivity index is 0. The average molecular weight is 993 g/mol. The van der Waals surface area contributed by atoms with E-state index in [0.29, 0.717) is 24.1 Å². The number of carbonyl (C=O) groups excluding carboxylic acids is 7. The Bertz CT molecular complexity index is 1940. The van der Waals surface area contributed by atoms with Crippen molar-refractivity contribution >= 4 is 59.3 Å². The second-order valence-corrected chi connectivity index (χ2v) is 18.3. The molecule has 70 heavy (non-hydrogen) atoms. The summed E-state index contributed by atoms with van der Waals surface area (Å²) in [6.45, 7) is 17.5. The average Bonchev–Trinajstić information content (AvgIpc) is 3.23. The number of hydrogen-bond acceptors (Lipinski definition) is 13. The molecule has 23 heteroatoms. The second kappa shape index (κ2) is 32.8. The van der Waals surface area contributed by atoms with Gasteiger partial charge in [-0.2, -0.15) is 0 Å². The molecule has 0 saturated heterocycles. The number of urea groups is 2. The molecule has 2 aromatic carbocycles. The standard InChI is InChI=1S/C23H37N5O6.C16H30N4O6.C7H9NO.CH4/c1-14(2)18(28-22(33)34-23(3,4)5)20(31)27-17(7-6-12-25-21(24)32)19(30)26-16-10-8-15(13-29)9-11-16;1-9(2)11(20-15(25)26-16(3,4)5)12(21)19-10(13(22)23)7-6-8-18-14(17)24;8-7-3-1-6(5-9)2-4-7;/h8-11,14,17-18,29H,6-7,12-13H2,1-5H3,(H,26,30)(H,27,31)(H,28,33)(H3,24,25,32);9-11H,6-8H2,1-5H3,(H,19,21)(H,20,25)(H,22,23)(H3,17,18,24);1-4,9H,5,8H2;1H4/t17-,18-;10-,11-;;/m00../s1. The summed E-state index contributed by atoms with van der Waals surface area (Å²) >= 11 is 0. The summed E-state index contributed by atoms with van der Waals surface area (Å²) < 4.78 is 10.4. The van der Waals surface area contributed by atoms with Crippen LogP contribution in [0.1, 0.15) is 113 Å². The van der Waals surface area contributed by atoms with Crippen LogP contribution >= 0.6 is 0 Å². The fraction of sp³-hybridized carbons (Fsp3) is 0.574. The van der Waals surface area contributed by atoms with Gasteiger partial charge in [-0.3, -0.25) is 14.4 Å². The second-order valence-electron chi connectivity index (χ2n) is 18.3. The number of aliphatic carboxylic acids is 1. The molecule has 16 N–H and O–H groups in total. The number of aliphatic hydroxyl groups is 2. The minimum absolute atomic E-state index is 0. The van der Waals surface area contributed by atoms with Crippen LogP contribution in [-0.4, -0.2) is 112 Å². The lowest BCUT2D eigenvalue weighted by Gasteiger charge is -2.27. The minimum Gasteiger partial charge on any atom is -0.480 e. The third-order valence-electron chi connectivity index (χ3n) is 8.99. The number of nitrogen functional groups attached to an aromatic ring is 1. The highest BCUT2D eigenvalue weighted by Crippen LogP contribution is 2.14. The number of nitrogens with two attached hydrogens (primary N) is 3. The van der Waals surface area contributed by atoms with Crippen LogP contribution in [0.15, 0.2) is 48.5 Å². The summed E-state index contributed by atoms with van der Waals surface area (Å²) in [7, 11) is 0. The Morgan fingerprint density at radius 2 is 0.929 bits per heavy atom. The lowest BCUT2D eigenvalue weighted by Crippen LogP contribution is -2.55. The van der Waals surface area contributed by atoms with Gasteiger partial charge in [0.15, 0.2) is 0 Å². The molecule has 0 aliphatic heterocycles. The van der Waals surface area contributed by atoms with Gasteiger partial charge in [-0.05, 0) is 114 Å². The van der Waals surface area contributed by atoms with Gasteiger partial charge >= 0.3 is 30.2 Å². The maximum absolute atomic E-state index is 13.0. The largest absolute Gasteiger partial charge is 0.480 e. The van der Waals surface area contributed by atoms with Gasteiger partial charge in [0.1, 0.15) is 35.4 Å². The predicted octanol–water partition coefficient (Wildman–Crippen LogP) is 3.55. The predicted molar refractivity (Wildman–Crippen MR) is 266 cm³/mol. The van der Waals surface area contributed by atoms with E-state index < -0.39 is 83.3 Å². The number of anilines is 2. The van der Waals surface area contributed by atoms with E-state index >= 15 is 0 Å². The van der Waals surface area contributed by atoms with Gasteiger partial charge in [0.2, 0.25) is 17.7 Å². The van der Waals surface area contributed by atoms with Crippen molar-refractivity contribution in [2.75, 3.05) is 24.1 Å². The van der Waals surface area contributed by atoms with E-state index in [2.05, 4.69) is 37.2 Å². The summed E-state index contributed by atoms with van der Waals surface area (Å²) in [6.07, 6.45) is -0.508. The van der Waals surface area contributed by atoms with Crippen molar-refractivity contribution in [1.29, 1.82) is 0 Å².